The van der Waals surface area contributed by atoms with Gasteiger partial charge in [-0.25, -0.2) is 0 Å². The first kappa shape index (κ1) is 19.3. The Bertz CT molecular complexity index is 796. The molecule has 5 heteroatoms. The number of fused-ring (bicyclic) bond motifs is 2. The largest absolute Gasteiger partial charge is 0.497 e. The lowest BCUT2D eigenvalue weighted by atomic mass is 9.61. The van der Waals surface area contributed by atoms with Gasteiger partial charge in [-0.05, 0) is 62.0 Å². The molecule has 2 unspecified atom stereocenters. The van der Waals surface area contributed by atoms with Crippen molar-refractivity contribution in [2.45, 2.75) is 58.0 Å². The van der Waals surface area contributed by atoms with E-state index in [0.29, 0.717) is 0 Å². The van der Waals surface area contributed by atoms with Crippen molar-refractivity contribution < 1.29 is 14.0 Å². The topological polar surface area (TPSA) is 56.5 Å². The van der Waals surface area contributed by atoms with E-state index in [1.807, 2.05) is 24.3 Å². The van der Waals surface area contributed by atoms with E-state index in [4.69, 9.17) is 14.0 Å². The SMILES string of the molecule is COc1ccc(-c2cc(CNC34CC(C)CC(CC(C)C3)C4)no2)c(OC)c1. The standard InChI is InChI=1S/C23H32N2O3/c1-15-7-17-8-16(2)12-23(11-15,13-17)24-14-18-9-22(28-25-18)20-6-5-19(26-3)10-21(20)27-4/h5-6,9-10,15-17,24H,7-8,11-14H2,1-4H3. The summed E-state index contributed by atoms with van der Waals surface area (Å²) in [5.41, 5.74) is 2.09. The summed E-state index contributed by atoms with van der Waals surface area (Å²) in [6.45, 7) is 5.56. The third-order valence-corrected chi connectivity index (χ3v) is 6.51. The Morgan fingerprint density at radius 2 is 1.82 bits per heavy atom. The summed E-state index contributed by atoms with van der Waals surface area (Å²) in [5.74, 6) is 4.68. The molecule has 0 saturated heterocycles. The average Bonchev–Trinajstić information content (AvgIpc) is 3.13. The Kier molecular flexibility index (Phi) is 5.37. The van der Waals surface area contributed by atoms with Crippen LogP contribution in [0.15, 0.2) is 28.8 Å². The van der Waals surface area contributed by atoms with E-state index in [0.717, 1.165) is 52.8 Å². The zero-order valence-electron chi connectivity index (χ0n) is 17.5. The maximum absolute atomic E-state index is 5.64. The molecular weight excluding hydrogens is 352 g/mol. The van der Waals surface area contributed by atoms with Crippen LogP contribution in [0.1, 0.15) is 51.6 Å². The van der Waals surface area contributed by atoms with Gasteiger partial charge in [0.05, 0.1) is 25.5 Å². The van der Waals surface area contributed by atoms with Gasteiger partial charge < -0.3 is 19.3 Å². The van der Waals surface area contributed by atoms with E-state index in [-0.39, 0.29) is 5.54 Å². The van der Waals surface area contributed by atoms with E-state index in [9.17, 15) is 0 Å². The molecule has 2 atom stereocenters. The molecule has 152 valence electrons. The molecular formula is C23H32N2O3. The quantitative estimate of drug-likeness (QED) is 0.755. The van der Waals surface area contributed by atoms with Crippen LogP contribution in [0.5, 0.6) is 11.5 Å². The van der Waals surface area contributed by atoms with Crippen molar-refractivity contribution >= 4 is 0 Å². The van der Waals surface area contributed by atoms with Gasteiger partial charge in [-0.15, -0.1) is 0 Å². The molecule has 2 saturated carbocycles. The molecule has 2 aliphatic rings. The Labute approximate surface area is 167 Å². The van der Waals surface area contributed by atoms with Gasteiger partial charge in [0, 0.05) is 24.2 Å². The van der Waals surface area contributed by atoms with Crippen molar-refractivity contribution in [3.8, 4) is 22.8 Å². The van der Waals surface area contributed by atoms with Gasteiger partial charge in [0.15, 0.2) is 5.76 Å². The maximum atomic E-state index is 5.64. The zero-order chi connectivity index (χ0) is 19.7. The lowest BCUT2D eigenvalue weighted by Crippen LogP contribution is -2.54. The number of rotatable bonds is 6. The molecule has 1 N–H and O–H groups in total. The van der Waals surface area contributed by atoms with Crippen molar-refractivity contribution in [2.75, 3.05) is 14.2 Å². The Morgan fingerprint density at radius 3 is 2.50 bits per heavy atom. The lowest BCUT2D eigenvalue weighted by molar-refractivity contribution is 0.0538. The van der Waals surface area contributed by atoms with Gasteiger partial charge in [-0.1, -0.05) is 19.0 Å². The third-order valence-electron chi connectivity index (χ3n) is 6.51. The fourth-order valence-corrected chi connectivity index (χ4v) is 5.72. The van der Waals surface area contributed by atoms with Gasteiger partial charge in [0.1, 0.15) is 11.5 Å². The van der Waals surface area contributed by atoms with Gasteiger partial charge in [0.25, 0.3) is 0 Å². The fourth-order valence-electron chi connectivity index (χ4n) is 5.72. The van der Waals surface area contributed by atoms with Crippen LogP contribution in [-0.4, -0.2) is 24.9 Å². The van der Waals surface area contributed by atoms with Crippen LogP contribution in [0.4, 0.5) is 0 Å². The molecule has 2 bridgehead atoms. The summed E-state index contributed by atoms with van der Waals surface area (Å²) in [5, 5.41) is 8.19. The van der Waals surface area contributed by atoms with Crippen molar-refractivity contribution in [3.63, 3.8) is 0 Å². The molecule has 28 heavy (non-hydrogen) atoms. The number of nitrogens with one attached hydrogen (secondary N) is 1. The highest BCUT2D eigenvalue weighted by Crippen LogP contribution is 2.47. The molecule has 4 rings (SSSR count). The molecule has 1 aromatic heterocycles. The highest BCUT2D eigenvalue weighted by atomic mass is 16.5. The summed E-state index contributed by atoms with van der Waals surface area (Å²) in [6.07, 6.45) is 6.62. The minimum Gasteiger partial charge on any atom is -0.497 e. The second-order valence-corrected chi connectivity index (χ2v) is 9.04. The molecule has 0 amide bonds. The highest BCUT2D eigenvalue weighted by molar-refractivity contribution is 5.67. The van der Waals surface area contributed by atoms with Crippen molar-refractivity contribution in [1.82, 2.24) is 10.5 Å². The Balaban J connectivity index is 1.48. The van der Waals surface area contributed by atoms with Gasteiger partial charge in [-0.3, -0.25) is 0 Å². The molecule has 5 nitrogen and oxygen atoms in total. The molecule has 2 fully saturated rings. The normalized spacial score (nSPS) is 29.5. The predicted octanol–water partition coefficient (Wildman–Crippen LogP) is 5.05. The number of nitrogens with zero attached hydrogens (tertiary/aromatic N) is 1. The number of hydrogen-bond acceptors (Lipinski definition) is 5. The fraction of sp³-hybridized carbons (Fsp3) is 0.609. The molecule has 1 heterocycles. The van der Waals surface area contributed by atoms with E-state index in [1.165, 1.54) is 32.1 Å². The number of hydrogen-bond donors (Lipinski definition) is 1. The first-order chi connectivity index (χ1) is 13.5. The molecule has 2 aromatic rings. The van der Waals surface area contributed by atoms with Crippen LogP contribution < -0.4 is 14.8 Å². The van der Waals surface area contributed by atoms with E-state index >= 15 is 0 Å². The number of benzene rings is 1. The second kappa shape index (κ2) is 7.78. The summed E-state index contributed by atoms with van der Waals surface area (Å²) in [7, 11) is 3.30. The van der Waals surface area contributed by atoms with Gasteiger partial charge >= 0.3 is 0 Å². The average molecular weight is 385 g/mol. The number of methoxy groups -OCH3 is 2. The van der Waals surface area contributed by atoms with Crippen LogP contribution in [-0.2, 0) is 6.54 Å². The van der Waals surface area contributed by atoms with E-state index in [1.54, 1.807) is 14.2 Å². The third kappa shape index (κ3) is 3.90. The molecule has 2 aliphatic carbocycles. The first-order valence-corrected chi connectivity index (χ1v) is 10.4. The number of aromatic nitrogens is 1. The van der Waals surface area contributed by atoms with Crippen LogP contribution in [0.2, 0.25) is 0 Å². The molecule has 1 aromatic carbocycles. The summed E-state index contributed by atoms with van der Waals surface area (Å²) in [6, 6.07) is 7.74. The highest BCUT2D eigenvalue weighted by Gasteiger charge is 2.43. The van der Waals surface area contributed by atoms with Crippen molar-refractivity contribution in [1.29, 1.82) is 0 Å². The van der Waals surface area contributed by atoms with Crippen LogP contribution in [0.3, 0.4) is 0 Å². The maximum Gasteiger partial charge on any atom is 0.170 e. The van der Waals surface area contributed by atoms with E-state index in [2.05, 4.69) is 24.3 Å². The Hall–Kier alpha value is -2.01. The minimum absolute atomic E-state index is 0.261. The predicted molar refractivity (Wildman–Crippen MR) is 110 cm³/mol. The summed E-state index contributed by atoms with van der Waals surface area (Å²) >= 11 is 0. The van der Waals surface area contributed by atoms with Crippen LogP contribution in [0.25, 0.3) is 11.3 Å². The molecule has 0 spiro atoms. The lowest BCUT2D eigenvalue weighted by Gasteiger charge is -2.50. The monoisotopic (exact) mass is 384 g/mol. The van der Waals surface area contributed by atoms with Crippen LogP contribution >= 0.6 is 0 Å². The minimum atomic E-state index is 0.261. The molecule has 0 aliphatic heterocycles. The van der Waals surface area contributed by atoms with Crippen molar-refractivity contribution in [3.05, 3.63) is 30.0 Å². The molecule has 0 radical (unpaired) electrons. The smallest absolute Gasteiger partial charge is 0.170 e. The van der Waals surface area contributed by atoms with Gasteiger partial charge in [-0.2, -0.15) is 0 Å². The number of ether oxygens (including phenoxy) is 2. The van der Waals surface area contributed by atoms with Crippen LogP contribution in [0, 0.1) is 17.8 Å². The van der Waals surface area contributed by atoms with Crippen molar-refractivity contribution in [2.24, 2.45) is 17.8 Å². The summed E-state index contributed by atoms with van der Waals surface area (Å²) in [4.78, 5) is 0. The first-order valence-electron chi connectivity index (χ1n) is 10.4. The van der Waals surface area contributed by atoms with Gasteiger partial charge in [0.2, 0.25) is 0 Å². The Morgan fingerprint density at radius 1 is 1.07 bits per heavy atom. The van der Waals surface area contributed by atoms with E-state index < -0.39 is 0 Å². The second-order valence-electron chi connectivity index (χ2n) is 9.04. The zero-order valence-corrected chi connectivity index (χ0v) is 17.5. The summed E-state index contributed by atoms with van der Waals surface area (Å²) < 4.78 is 16.4.